The van der Waals surface area contributed by atoms with Crippen molar-refractivity contribution in [3.05, 3.63) is 0 Å². The maximum atomic E-state index is 6.14. The summed E-state index contributed by atoms with van der Waals surface area (Å²) in [5.74, 6) is 0. The van der Waals surface area contributed by atoms with Crippen LogP contribution in [0.2, 0.25) is 0 Å². The summed E-state index contributed by atoms with van der Waals surface area (Å²) in [5.41, 5.74) is 6.19. The van der Waals surface area contributed by atoms with Gasteiger partial charge in [0.05, 0.1) is 0 Å². The molecule has 2 N–H and O–H groups in total. The Morgan fingerprint density at radius 3 is 1.62 bits per heavy atom. The number of rotatable bonds is 5. The zero-order chi connectivity index (χ0) is 10.7. The predicted molar refractivity (Wildman–Crippen MR) is 59.8 cm³/mol. The first-order valence-corrected chi connectivity index (χ1v) is 5.26. The van der Waals surface area contributed by atoms with Gasteiger partial charge in [0, 0.05) is 12.1 Å². The monoisotopic (exact) mass is 186 g/mol. The van der Waals surface area contributed by atoms with E-state index in [9.17, 15) is 0 Å². The van der Waals surface area contributed by atoms with Gasteiger partial charge in [-0.3, -0.25) is 0 Å². The van der Waals surface area contributed by atoms with E-state index in [0.29, 0.717) is 0 Å². The van der Waals surface area contributed by atoms with Crippen molar-refractivity contribution in [1.29, 1.82) is 0 Å². The molecule has 0 saturated heterocycles. The molecule has 2 nitrogen and oxygen atoms in total. The lowest BCUT2D eigenvalue weighted by Crippen LogP contribution is -2.53. The third-order valence-electron chi connectivity index (χ3n) is 3.26. The normalized spacial score (nSPS) is 13.8. The van der Waals surface area contributed by atoms with Crippen molar-refractivity contribution < 1.29 is 0 Å². The van der Waals surface area contributed by atoms with Gasteiger partial charge in [0.2, 0.25) is 0 Å². The van der Waals surface area contributed by atoms with E-state index in [1.54, 1.807) is 0 Å². The molecule has 0 amide bonds. The molecule has 80 valence electrons. The molecule has 0 aromatic carbocycles. The first-order valence-electron chi connectivity index (χ1n) is 5.26. The Labute approximate surface area is 83.5 Å². The fourth-order valence-electron chi connectivity index (χ4n) is 1.21. The van der Waals surface area contributed by atoms with Crippen molar-refractivity contribution in [3.8, 4) is 0 Å². The maximum absolute atomic E-state index is 6.14. The van der Waals surface area contributed by atoms with Crippen LogP contribution in [-0.4, -0.2) is 30.1 Å². The van der Waals surface area contributed by atoms with E-state index in [2.05, 4.69) is 46.4 Å². The molecule has 0 unspecified atom stereocenters. The van der Waals surface area contributed by atoms with Crippen LogP contribution in [0.5, 0.6) is 0 Å². The SMILES string of the molecule is CCN(CC)CC(C)(C)C(C)(C)N. The molecule has 0 spiro atoms. The Morgan fingerprint density at radius 2 is 1.38 bits per heavy atom. The minimum Gasteiger partial charge on any atom is -0.325 e. The van der Waals surface area contributed by atoms with Gasteiger partial charge in [0.15, 0.2) is 0 Å². The largest absolute Gasteiger partial charge is 0.325 e. The molecule has 0 aromatic rings. The highest BCUT2D eigenvalue weighted by Crippen LogP contribution is 2.28. The van der Waals surface area contributed by atoms with Crippen molar-refractivity contribution in [2.45, 2.75) is 47.1 Å². The number of nitrogens with zero attached hydrogens (tertiary/aromatic N) is 1. The second-order valence-electron chi connectivity index (χ2n) is 5.07. The highest BCUT2D eigenvalue weighted by molar-refractivity contribution is 4.91. The van der Waals surface area contributed by atoms with Crippen LogP contribution >= 0.6 is 0 Å². The molecule has 0 aliphatic carbocycles. The molecule has 0 heterocycles. The molecule has 0 aliphatic heterocycles. The summed E-state index contributed by atoms with van der Waals surface area (Å²) in [6, 6.07) is 0. The number of hydrogen-bond donors (Lipinski definition) is 1. The van der Waals surface area contributed by atoms with Crippen LogP contribution in [0.1, 0.15) is 41.5 Å². The van der Waals surface area contributed by atoms with E-state index in [-0.39, 0.29) is 11.0 Å². The Kier molecular flexibility index (Phi) is 4.40. The van der Waals surface area contributed by atoms with Gasteiger partial charge in [-0.25, -0.2) is 0 Å². The second-order valence-corrected chi connectivity index (χ2v) is 5.07. The zero-order valence-electron chi connectivity index (χ0n) is 10.1. The van der Waals surface area contributed by atoms with Gasteiger partial charge in [0.1, 0.15) is 0 Å². The standard InChI is InChI=1S/C11H26N2/c1-7-13(8-2)9-10(3,4)11(5,6)12/h7-9,12H2,1-6H3. The van der Waals surface area contributed by atoms with Crippen LogP contribution < -0.4 is 5.73 Å². The van der Waals surface area contributed by atoms with E-state index < -0.39 is 0 Å². The average Bonchev–Trinajstić information content (AvgIpc) is 1.98. The lowest BCUT2D eigenvalue weighted by Gasteiger charge is -2.41. The minimum atomic E-state index is -0.115. The molecule has 0 rings (SSSR count). The summed E-state index contributed by atoms with van der Waals surface area (Å²) in [5, 5.41) is 0. The molecule has 2 heteroatoms. The van der Waals surface area contributed by atoms with Crippen LogP contribution in [0, 0.1) is 5.41 Å². The van der Waals surface area contributed by atoms with Crippen molar-refractivity contribution >= 4 is 0 Å². The smallest absolute Gasteiger partial charge is 0.0161 e. The Hall–Kier alpha value is -0.0800. The Morgan fingerprint density at radius 1 is 1.00 bits per heavy atom. The molecule has 0 fully saturated rings. The van der Waals surface area contributed by atoms with E-state index in [4.69, 9.17) is 5.73 Å². The summed E-state index contributed by atoms with van der Waals surface area (Å²) in [6.07, 6.45) is 0. The molecule has 0 bridgehead atoms. The van der Waals surface area contributed by atoms with Gasteiger partial charge in [0.25, 0.3) is 0 Å². The van der Waals surface area contributed by atoms with Crippen LogP contribution in [-0.2, 0) is 0 Å². The summed E-state index contributed by atoms with van der Waals surface area (Å²) in [7, 11) is 0. The molecule has 0 aromatic heterocycles. The summed E-state index contributed by atoms with van der Waals surface area (Å²) < 4.78 is 0. The topological polar surface area (TPSA) is 29.3 Å². The zero-order valence-corrected chi connectivity index (χ0v) is 10.1. The summed E-state index contributed by atoms with van der Waals surface area (Å²) in [6.45, 7) is 16.4. The fraction of sp³-hybridized carbons (Fsp3) is 1.00. The van der Waals surface area contributed by atoms with Gasteiger partial charge >= 0.3 is 0 Å². The molecular weight excluding hydrogens is 160 g/mol. The highest BCUT2D eigenvalue weighted by Gasteiger charge is 2.34. The van der Waals surface area contributed by atoms with E-state index in [1.807, 2.05) is 0 Å². The van der Waals surface area contributed by atoms with Crippen molar-refractivity contribution in [2.24, 2.45) is 11.1 Å². The van der Waals surface area contributed by atoms with Gasteiger partial charge < -0.3 is 10.6 Å². The number of nitrogens with two attached hydrogens (primary N) is 1. The van der Waals surface area contributed by atoms with Crippen molar-refractivity contribution in [1.82, 2.24) is 4.90 Å². The first-order chi connectivity index (χ1) is 5.74. The van der Waals surface area contributed by atoms with Crippen molar-refractivity contribution in [2.75, 3.05) is 19.6 Å². The van der Waals surface area contributed by atoms with Gasteiger partial charge in [-0.1, -0.05) is 27.7 Å². The Bertz CT molecular complexity index is 141. The molecule has 0 saturated carbocycles. The third-order valence-corrected chi connectivity index (χ3v) is 3.26. The quantitative estimate of drug-likeness (QED) is 0.712. The van der Waals surface area contributed by atoms with Crippen LogP contribution in [0.15, 0.2) is 0 Å². The highest BCUT2D eigenvalue weighted by atomic mass is 15.1. The van der Waals surface area contributed by atoms with Gasteiger partial charge in [-0.05, 0) is 32.4 Å². The third kappa shape index (κ3) is 3.65. The van der Waals surface area contributed by atoms with E-state index in [1.165, 1.54) is 0 Å². The minimum absolute atomic E-state index is 0.115. The Balaban J connectivity index is 4.31. The van der Waals surface area contributed by atoms with Crippen LogP contribution in [0.4, 0.5) is 0 Å². The average molecular weight is 186 g/mol. The number of hydrogen-bond acceptors (Lipinski definition) is 2. The lowest BCUT2D eigenvalue weighted by molar-refractivity contribution is 0.120. The maximum Gasteiger partial charge on any atom is 0.0161 e. The lowest BCUT2D eigenvalue weighted by atomic mass is 9.75. The summed E-state index contributed by atoms with van der Waals surface area (Å²) >= 11 is 0. The van der Waals surface area contributed by atoms with Crippen molar-refractivity contribution in [3.63, 3.8) is 0 Å². The molecule has 0 atom stereocenters. The van der Waals surface area contributed by atoms with E-state index >= 15 is 0 Å². The fourth-order valence-corrected chi connectivity index (χ4v) is 1.21. The molecule has 0 aliphatic rings. The molecule has 13 heavy (non-hydrogen) atoms. The summed E-state index contributed by atoms with van der Waals surface area (Å²) in [4.78, 5) is 2.43. The molecule has 0 radical (unpaired) electrons. The van der Waals surface area contributed by atoms with Gasteiger partial charge in [-0.2, -0.15) is 0 Å². The first kappa shape index (κ1) is 12.9. The predicted octanol–water partition coefficient (Wildman–Crippen LogP) is 2.09. The second kappa shape index (κ2) is 4.43. The molecular formula is C11H26N2. The van der Waals surface area contributed by atoms with Crippen LogP contribution in [0.3, 0.4) is 0 Å². The van der Waals surface area contributed by atoms with Crippen LogP contribution in [0.25, 0.3) is 0 Å². The van der Waals surface area contributed by atoms with E-state index in [0.717, 1.165) is 19.6 Å². The van der Waals surface area contributed by atoms with Gasteiger partial charge in [-0.15, -0.1) is 0 Å².